The largest absolute Gasteiger partial charge is 0.346 e. The van der Waals surface area contributed by atoms with Crippen molar-refractivity contribution in [2.24, 2.45) is 0 Å². The smallest absolute Gasteiger partial charge is 0.311 e. The molecule has 1 atom stereocenters. The molecule has 56 valence electrons. The molecule has 0 aromatic carbocycles. The fourth-order valence-corrected chi connectivity index (χ4v) is 0.813. The van der Waals surface area contributed by atoms with Gasteiger partial charge in [-0.1, -0.05) is 0 Å². The van der Waals surface area contributed by atoms with E-state index in [1.54, 1.807) is 7.05 Å². The molecule has 0 bridgehead atoms. The van der Waals surface area contributed by atoms with Crippen molar-refractivity contribution in [3.63, 3.8) is 0 Å². The summed E-state index contributed by atoms with van der Waals surface area (Å²) in [5.41, 5.74) is 0. The van der Waals surface area contributed by atoms with Crippen LogP contribution >= 0.6 is 0 Å². The molecule has 1 unspecified atom stereocenters. The highest BCUT2D eigenvalue weighted by Gasteiger charge is 2.27. The van der Waals surface area contributed by atoms with Gasteiger partial charge in [0.05, 0.1) is 0 Å². The molecule has 0 spiro atoms. The lowest BCUT2D eigenvalue weighted by Gasteiger charge is -2.28. The predicted molar refractivity (Wildman–Crippen MR) is 35.2 cm³/mol. The van der Waals surface area contributed by atoms with Crippen LogP contribution in [0.3, 0.4) is 0 Å². The van der Waals surface area contributed by atoms with E-state index in [1.165, 1.54) is 4.90 Å². The Morgan fingerprint density at radius 1 is 1.60 bits per heavy atom. The minimum Gasteiger partial charge on any atom is -0.346 e. The van der Waals surface area contributed by atoms with Crippen LogP contribution in [0.5, 0.6) is 0 Å². The zero-order chi connectivity index (χ0) is 7.72. The Kier molecular flexibility index (Phi) is 1.61. The summed E-state index contributed by atoms with van der Waals surface area (Å²) in [6, 6.07) is 0.116. The summed E-state index contributed by atoms with van der Waals surface area (Å²) < 4.78 is 0. The number of nitrogens with one attached hydrogen (secondary N) is 1. The van der Waals surface area contributed by atoms with Gasteiger partial charge in [0.2, 0.25) is 0 Å². The van der Waals surface area contributed by atoms with Crippen molar-refractivity contribution in [1.82, 2.24) is 10.2 Å². The maximum Gasteiger partial charge on any atom is 0.311 e. The molecule has 1 saturated heterocycles. The molecule has 0 radical (unpaired) electrons. The lowest BCUT2D eigenvalue weighted by molar-refractivity contribution is -0.148. The average molecular weight is 142 g/mol. The summed E-state index contributed by atoms with van der Waals surface area (Å²) in [6.07, 6.45) is 0. The second kappa shape index (κ2) is 2.28. The lowest BCUT2D eigenvalue weighted by atomic mass is 10.2. The summed E-state index contributed by atoms with van der Waals surface area (Å²) in [6.45, 7) is 2.44. The van der Waals surface area contributed by atoms with Gasteiger partial charge in [0.1, 0.15) is 0 Å². The second-order valence-corrected chi connectivity index (χ2v) is 2.48. The van der Waals surface area contributed by atoms with Crippen LogP contribution in [0.2, 0.25) is 0 Å². The summed E-state index contributed by atoms with van der Waals surface area (Å²) in [5, 5.41) is 2.48. The standard InChI is InChI=1S/C6H10N2O2/c1-4-3-7-5(9)6(10)8(4)2/h4H,3H2,1-2H3,(H,7,9). The third-order valence-electron chi connectivity index (χ3n) is 1.73. The van der Waals surface area contributed by atoms with Crippen molar-refractivity contribution < 1.29 is 9.59 Å². The molecule has 0 aromatic heterocycles. The van der Waals surface area contributed by atoms with Crippen LogP contribution < -0.4 is 5.32 Å². The van der Waals surface area contributed by atoms with Crippen LogP contribution in [0.15, 0.2) is 0 Å². The van der Waals surface area contributed by atoms with Gasteiger partial charge < -0.3 is 10.2 Å². The number of carbonyl (C=O) groups is 2. The number of amides is 2. The molecule has 1 N–H and O–H groups in total. The van der Waals surface area contributed by atoms with Gasteiger partial charge in [-0.2, -0.15) is 0 Å². The van der Waals surface area contributed by atoms with Gasteiger partial charge in [-0.15, -0.1) is 0 Å². The predicted octanol–water partition coefficient (Wildman–Crippen LogP) is -1.04. The van der Waals surface area contributed by atoms with Gasteiger partial charge in [-0.25, -0.2) is 0 Å². The molecule has 1 fully saturated rings. The molecular weight excluding hydrogens is 132 g/mol. The Hall–Kier alpha value is -1.06. The molecule has 4 heteroatoms. The Morgan fingerprint density at radius 3 is 2.70 bits per heavy atom. The van der Waals surface area contributed by atoms with Gasteiger partial charge >= 0.3 is 11.8 Å². The molecule has 1 aliphatic heterocycles. The summed E-state index contributed by atoms with van der Waals surface area (Å²) in [4.78, 5) is 22.9. The first-order chi connectivity index (χ1) is 4.63. The van der Waals surface area contributed by atoms with Gasteiger partial charge in [0.25, 0.3) is 0 Å². The monoisotopic (exact) mass is 142 g/mol. The fourth-order valence-electron chi connectivity index (χ4n) is 0.813. The van der Waals surface area contributed by atoms with E-state index in [1.807, 2.05) is 6.92 Å². The third kappa shape index (κ3) is 0.964. The van der Waals surface area contributed by atoms with Crippen molar-refractivity contribution in [2.75, 3.05) is 13.6 Å². The molecular formula is C6H10N2O2. The summed E-state index contributed by atoms with van der Waals surface area (Å²) >= 11 is 0. The van der Waals surface area contributed by atoms with E-state index in [9.17, 15) is 9.59 Å². The molecule has 0 aromatic rings. The van der Waals surface area contributed by atoms with Crippen LogP contribution in [0, 0.1) is 0 Å². The van der Waals surface area contributed by atoms with Crippen LogP contribution in [-0.2, 0) is 9.59 Å². The normalized spacial score (nSPS) is 26.6. The first kappa shape index (κ1) is 7.05. The fraction of sp³-hybridized carbons (Fsp3) is 0.667. The summed E-state index contributed by atoms with van der Waals surface area (Å²) in [7, 11) is 1.63. The van der Waals surface area contributed by atoms with Crippen molar-refractivity contribution in [3.8, 4) is 0 Å². The first-order valence-corrected chi connectivity index (χ1v) is 3.18. The highest BCUT2D eigenvalue weighted by atomic mass is 16.2. The van der Waals surface area contributed by atoms with Crippen molar-refractivity contribution in [1.29, 1.82) is 0 Å². The maximum absolute atomic E-state index is 10.8. The molecule has 10 heavy (non-hydrogen) atoms. The summed E-state index contributed by atoms with van der Waals surface area (Å²) in [5.74, 6) is -0.945. The zero-order valence-corrected chi connectivity index (χ0v) is 6.05. The van der Waals surface area contributed by atoms with E-state index in [0.717, 1.165) is 0 Å². The Bertz CT molecular complexity index is 179. The number of likely N-dealkylation sites (N-methyl/N-ethyl adjacent to an activating group) is 1. The van der Waals surface area contributed by atoms with Crippen LogP contribution in [0.25, 0.3) is 0 Å². The van der Waals surface area contributed by atoms with Crippen molar-refractivity contribution in [2.45, 2.75) is 13.0 Å². The Balaban J connectivity index is 2.70. The molecule has 0 saturated carbocycles. The van der Waals surface area contributed by atoms with Crippen LogP contribution in [0.4, 0.5) is 0 Å². The highest BCUT2D eigenvalue weighted by molar-refractivity contribution is 6.35. The van der Waals surface area contributed by atoms with Crippen molar-refractivity contribution in [3.05, 3.63) is 0 Å². The highest BCUT2D eigenvalue weighted by Crippen LogP contribution is 1.99. The Morgan fingerprint density at radius 2 is 2.20 bits per heavy atom. The lowest BCUT2D eigenvalue weighted by Crippen LogP contribution is -2.55. The van der Waals surface area contributed by atoms with Gasteiger partial charge in [0.15, 0.2) is 0 Å². The second-order valence-electron chi connectivity index (χ2n) is 2.48. The van der Waals surface area contributed by atoms with E-state index in [-0.39, 0.29) is 6.04 Å². The molecule has 1 rings (SSSR count). The number of nitrogens with zero attached hydrogens (tertiary/aromatic N) is 1. The van der Waals surface area contributed by atoms with Gasteiger partial charge in [-0.3, -0.25) is 9.59 Å². The zero-order valence-electron chi connectivity index (χ0n) is 6.05. The SMILES string of the molecule is CC1CNC(=O)C(=O)N1C. The van der Waals surface area contributed by atoms with E-state index < -0.39 is 11.8 Å². The van der Waals surface area contributed by atoms with Crippen LogP contribution in [0.1, 0.15) is 6.92 Å². The van der Waals surface area contributed by atoms with E-state index >= 15 is 0 Å². The molecule has 1 aliphatic rings. The maximum atomic E-state index is 10.8. The van der Waals surface area contributed by atoms with Gasteiger partial charge in [0, 0.05) is 19.6 Å². The molecule has 4 nitrogen and oxygen atoms in total. The number of carbonyl (C=O) groups excluding carboxylic acids is 2. The van der Waals surface area contributed by atoms with Crippen molar-refractivity contribution >= 4 is 11.8 Å². The number of hydrogen-bond donors (Lipinski definition) is 1. The number of piperazine rings is 1. The van der Waals surface area contributed by atoms with E-state index in [4.69, 9.17) is 0 Å². The molecule has 1 heterocycles. The number of rotatable bonds is 0. The topological polar surface area (TPSA) is 49.4 Å². The molecule has 2 amide bonds. The number of hydrogen-bond acceptors (Lipinski definition) is 2. The van der Waals surface area contributed by atoms with E-state index in [0.29, 0.717) is 6.54 Å². The third-order valence-corrected chi connectivity index (χ3v) is 1.73. The average Bonchev–Trinajstić information content (AvgIpc) is 1.93. The van der Waals surface area contributed by atoms with Gasteiger partial charge in [-0.05, 0) is 6.92 Å². The van der Waals surface area contributed by atoms with E-state index in [2.05, 4.69) is 5.32 Å². The minimum atomic E-state index is -0.499. The Labute approximate surface area is 59.2 Å². The minimum absolute atomic E-state index is 0.116. The quantitative estimate of drug-likeness (QED) is 0.439. The first-order valence-electron chi connectivity index (χ1n) is 3.18. The van der Waals surface area contributed by atoms with Crippen LogP contribution in [-0.4, -0.2) is 36.3 Å². The molecule has 0 aliphatic carbocycles.